The number of nitrogens with two attached hydrogens (primary N) is 1. The highest BCUT2D eigenvalue weighted by Crippen LogP contribution is 2.18. The molecule has 1 aromatic carbocycles. The predicted octanol–water partition coefficient (Wildman–Crippen LogP) is 0.225. The summed E-state index contributed by atoms with van der Waals surface area (Å²) < 4.78 is 1.72. The maximum absolute atomic E-state index is 9.76. The summed E-state index contributed by atoms with van der Waals surface area (Å²) in [6, 6.07) is 8.99. The standard InChI is InChI=1S/C12H15N3O2/c13-8-11(16)12(17)9-2-4-10(5-3-9)15-7-1-6-14-15/h1-7,11-12,16-17H,8,13H2. The average Bonchev–Trinajstić information content (AvgIpc) is 2.91. The highest BCUT2D eigenvalue weighted by Gasteiger charge is 2.16. The summed E-state index contributed by atoms with van der Waals surface area (Å²) in [5, 5.41) is 23.3. The molecule has 0 amide bonds. The van der Waals surface area contributed by atoms with E-state index < -0.39 is 12.2 Å². The van der Waals surface area contributed by atoms with Crippen molar-refractivity contribution in [3.05, 3.63) is 48.3 Å². The van der Waals surface area contributed by atoms with Crippen LogP contribution >= 0.6 is 0 Å². The number of rotatable bonds is 4. The minimum atomic E-state index is -0.952. The van der Waals surface area contributed by atoms with E-state index in [2.05, 4.69) is 5.10 Å². The number of aliphatic hydroxyl groups excluding tert-OH is 2. The number of nitrogens with zero attached hydrogens (tertiary/aromatic N) is 2. The third-order valence-corrected chi connectivity index (χ3v) is 2.61. The third kappa shape index (κ3) is 2.52. The van der Waals surface area contributed by atoms with Crippen LogP contribution in [0.2, 0.25) is 0 Å². The van der Waals surface area contributed by atoms with Gasteiger partial charge in [0, 0.05) is 18.9 Å². The lowest BCUT2D eigenvalue weighted by Gasteiger charge is -2.16. The van der Waals surface area contributed by atoms with Gasteiger partial charge in [0.25, 0.3) is 0 Å². The molecule has 2 atom stereocenters. The second-order valence-corrected chi connectivity index (χ2v) is 3.79. The van der Waals surface area contributed by atoms with Crippen LogP contribution in [0, 0.1) is 0 Å². The fourth-order valence-electron chi connectivity index (χ4n) is 1.60. The van der Waals surface area contributed by atoms with Crippen LogP contribution in [-0.2, 0) is 0 Å². The van der Waals surface area contributed by atoms with E-state index in [-0.39, 0.29) is 6.54 Å². The minimum Gasteiger partial charge on any atom is -0.389 e. The molecule has 0 aliphatic carbocycles. The fourth-order valence-corrected chi connectivity index (χ4v) is 1.60. The topological polar surface area (TPSA) is 84.3 Å². The van der Waals surface area contributed by atoms with E-state index >= 15 is 0 Å². The van der Waals surface area contributed by atoms with Gasteiger partial charge < -0.3 is 15.9 Å². The number of aliphatic hydroxyl groups is 2. The minimum absolute atomic E-state index is 0.0298. The van der Waals surface area contributed by atoms with E-state index in [1.807, 2.05) is 24.4 Å². The Morgan fingerprint density at radius 2 is 1.94 bits per heavy atom. The number of hydrogen-bond donors (Lipinski definition) is 3. The van der Waals surface area contributed by atoms with Gasteiger partial charge in [-0.1, -0.05) is 12.1 Å². The molecular formula is C12H15N3O2. The van der Waals surface area contributed by atoms with Crippen LogP contribution in [0.5, 0.6) is 0 Å². The van der Waals surface area contributed by atoms with Gasteiger partial charge in [-0.3, -0.25) is 0 Å². The summed E-state index contributed by atoms with van der Waals surface area (Å²) in [6.07, 6.45) is 1.64. The van der Waals surface area contributed by atoms with Crippen molar-refractivity contribution in [1.82, 2.24) is 9.78 Å². The van der Waals surface area contributed by atoms with Crippen LogP contribution in [0.1, 0.15) is 11.7 Å². The van der Waals surface area contributed by atoms with Gasteiger partial charge in [0.05, 0.1) is 11.8 Å². The Morgan fingerprint density at radius 1 is 1.24 bits per heavy atom. The number of hydrogen-bond acceptors (Lipinski definition) is 4. The van der Waals surface area contributed by atoms with E-state index in [4.69, 9.17) is 5.73 Å². The molecule has 0 fully saturated rings. The summed E-state index contributed by atoms with van der Waals surface area (Å²) in [4.78, 5) is 0. The van der Waals surface area contributed by atoms with Crippen molar-refractivity contribution in [3.8, 4) is 5.69 Å². The summed E-state index contributed by atoms with van der Waals surface area (Å²) >= 11 is 0. The van der Waals surface area contributed by atoms with Crippen molar-refractivity contribution < 1.29 is 10.2 Å². The molecule has 0 saturated carbocycles. The molecule has 2 aromatic rings. The van der Waals surface area contributed by atoms with Gasteiger partial charge in [-0.15, -0.1) is 0 Å². The van der Waals surface area contributed by atoms with Gasteiger partial charge >= 0.3 is 0 Å². The zero-order chi connectivity index (χ0) is 12.3. The molecular weight excluding hydrogens is 218 g/mol. The SMILES string of the molecule is NCC(O)C(O)c1ccc(-n2cccn2)cc1. The molecule has 17 heavy (non-hydrogen) atoms. The van der Waals surface area contributed by atoms with Gasteiger partial charge in [-0.2, -0.15) is 5.10 Å². The molecule has 5 heteroatoms. The first-order valence-electron chi connectivity index (χ1n) is 5.38. The summed E-state index contributed by atoms with van der Waals surface area (Å²) in [5.74, 6) is 0. The summed E-state index contributed by atoms with van der Waals surface area (Å²) in [7, 11) is 0. The van der Waals surface area contributed by atoms with Crippen molar-refractivity contribution in [2.24, 2.45) is 5.73 Å². The number of aromatic nitrogens is 2. The highest BCUT2D eigenvalue weighted by molar-refractivity contribution is 5.34. The molecule has 0 saturated heterocycles. The first-order chi connectivity index (χ1) is 8.22. The van der Waals surface area contributed by atoms with Crippen molar-refractivity contribution in [2.75, 3.05) is 6.54 Å². The van der Waals surface area contributed by atoms with Crippen LogP contribution in [0.15, 0.2) is 42.7 Å². The van der Waals surface area contributed by atoms with Crippen LogP contribution in [0.4, 0.5) is 0 Å². The Bertz CT molecular complexity index is 453. The molecule has 2 unspecified atom stereocenters. The highest BCUT2D eigenvalue weighted by atomic mass is 16.3. The van der Waals surface area contributed by atoms with Crippen molar-refractivity contribution >= 4 is 0 Å². The normalized spacial score (nSPS) is 14.5. The quantitative estimate of drug-likeness (QED) is 0.705. The van der Waals surface area contributed by atoms with Gasteiger partial charge in [0.15, 0.2) is 0 Å². The second-order valence-electron chi connectivity index (χ2n) is 3.79. The second kappa shape index (κ2) is 5.09. The average molecular weight is 233 g/mol. The lowest BCUT2D eigenvalue weighted by atomic mass is 10.0. The van der Waals surface area contributed by atoms with Crippen molar-refractivity contribution in [3.63, 3.8) is 0 Å². The van der Waals surface area contributed by atoms with Crippen LogP contribution in [0.3, 0.4) is 0 Å². The third-order valence-electron chi connectivity index (χ3n) is 2.61. The van der Waals surface area contributed by atoms with Gasteiger partial charge in [-0.05, 0) is 23.8 Å². The van der Waals surface area contributed by atoms with E-state index in [1.54, 1.807) is 23.0 Å². The summed E-state index contributed by atoms with van der Waals surface area (Å²) in [5.41, 5.74) is 6.83. The fraction of sp³-hybridized carbons (Fsp3) is 0.250. The molecule has 2 rings (SSSR count). The van der Waals surface area contributed by atoms with Crippen LogP contribution in [0.25, 0.3) is 5.69 Å². The van der Waals surface area contributed by atoms with Gasteiger partial charge in [-0.25, -0.2) is 4.68 Å². The maximum atomic E-state index is 9.76. The largest absolute Gasteiger partial charge is 0.389 e. The first kappa shape index (κ1) is 11.8. The van der Waals surface area contributed by atoms with E-state index in [0.717, 1.165) is 5.69 Å². The zero-order valence-corrected chi connectivity index (χ0v) is 9.27. The Hall–Kier alpha value is -1.69. The zero-order valence-electron chi connectivity index (χ0n) is 9.27. The van der Waals surface area contributed by atoms with E-state index in [0.29, 0.717) is 5.56 Å². The van der Waals surface area contributed by atoms with Crippen LogP contribution < -0.4 is 5.73 Å². The summed E-state index contributed by atoms with van der Waals surface area (Å²) in [6.45, 7) is 0.0298. The Kier molecular flexibility index (Phi) is 3.53. The molecule has 0 bridgehead atoms. The predicted molar refractivity (Wildman–Crippen MR) is 63.6 cm³/mol. The molecule has 4 N–H and O–H groups in total. The number of benzene rings is 1. The van der Waals surface area contributed by atoms with Crippen molar-refractivity contribution in [1.29, 1.82) is 0 Å². The lowest BCUT2D eigenvalue weighted by molar-refractivity contribution is 0.0243. The monoisotopic (exact) mass is 233 g/mol. The first-order valence-corrected chi connectivity index (χ1v) is 5.38. The van der Waals surface area contributed by atoms with Gasteiger partial charge in [0.1, 0.15) is 6.10 Å². The molecule has 1 aromatic heterocycles. The maximum Gasteiger partial charge on any atom is 0.106 e. The smallest absolute Gasteiger partial charge is 0.106 e. The molecule has 0 aliphatic rings. The van der Waals surface area contributed by atoms with Gasteiger partial charge in [0.2, 0.25) is 0 Å². The molecule has 5 nitrogen and oxygen atoms in total. The lowest BCUT2D eigenvalue weighted by Crippen LogP contribution is -2.27. The molecule has 90 valence electrons. The van der Waals surface area contributed by atoms with E-state index in [1.165, 1.54) is 0 Å². The molecule has 0 spiro atoms. The molecule has 0 radical (unpaired) electrons. The molecule has 1 heterocycles. The Balaban J connectivity index is 2.18. The molecule has 0 aliphatic heterocycles. The Morgan fingerprint density at radius 3 is 2.47 bits per heavy atom. The van der Waals surface area contributed by atoms with Crippen molar-refractivity contribution in [2.45, 2.75) is 12.2 Å². The van der Waals surface area contributed by atoms with Crippen LogP contribution in [-0.4, -0.2) is 32.6 Å². The van der Waals surface area contributed by atoms with E-state index in [9.17, 15) is 10.2 Å². The Labute approximate surface area is 99.1 Å².